The van der Waals surface area contributed by atoms with Crippen molar-refractivity contribution in [1.82, 2.24) is 9.55 Å². The zero-order valence-corrected chi connectivity index (χ0v) is 16.0. The number of hydrogen-bond donors (Lipinski definition) is 0. The fourth-order valence-electron chi connectivity index (χ4n) is 3.26. The van der Waals surface area contributed by atoms with Gasteiger partial charge in [0.2, 0.25) is 0 Å². The Hall–Kier alpha value is -2.51. The van der Waals surface area contributed by atoms with Crippen molar-refractivity contribution in [3.05, 3.63) is 70.3 Å². The highest BCUT2D eigenvalue weighted by Gasteiger charge is 2.20. The van der Waals surface area contributed by atoms with Gasteiger partial charge in [-0.05, 0) is 49.2 Å². The van der Waals surface area contributed by atoms with E-state index < -0.39 is 0 Å². The maximum Gasteiger partial charge on any atom is 0.262 e. The summed E-state index contributed by atoms with van der Waals surface area (Å²) in [7, 11) is 0. The molecule has 0 amide bonds. The molecule has 1 aliphatic rings. The number of ketones is 1. The van der Waals surface area contributed by atoms with Crippen LogP contribution in [0.1, 0.15) is 23.2 Å². The first-order chi connectivity index (χ1) is 13.6. The Morgan fingerprint density at radius 3 is 2.75 bits per heavy atom. The van der Waals surface area contributed by atoms with Gasteiger partial charge < -0.3 is 4.74 Å². The van der Waals surface area contributed by atoms with Gasteiger partial charge in [0.05, 0.1) is 29.3 Å². The largest absolute Gasteiger partial charge is 0.376 e. The molecule has 5 nitrogen and oxygen atoms in total. The molecular weight excluding hydrogens is 379 g/mol. The molecule has 4 rings (SSSR count). The fourth-order valence-corrected chi connectivity index (χ4v) is 4.16. The molecule has 1 fully saturated rings. The Morgan fingerprint density at radius 1 is 1.21 bits per heavy atom. The predicted octanol–water partition coefficient (Wildman–Crippen LogP) is 3.69. The molecule has 144 valence electrons. The number of rotatable bonds is 6. The van der Waals surface area contributed by atoms with Crippen LogP contribution in [-0.2, 0) is 11.3 Å². The van der Waals surface area contributed by atoms with Crippen molar-refractivity contribution in [2.24, 2.45) is 0 Å². The second kappa shape index (κ2) is 8.24. The van der Waals surface area contributed by atoms with E-state index in [0.29, 0.717) is 34.8 Å². The van der Waals surface area contributed by atoms with Crippen molar-refractivity contribution < 1.29 is 13.9 Å². The summed E-state index contributed by atoms with van der Waals surface area (Å²) in [5, 5.41) is 1.05. The number of Topliss-reactive ketones (excluding diaryl/α,β-unsaturated/α-hetero) is 1. The molecule has 0 radical (unpaired) electrons. The van der Waals surface area contributed by atoms with E-state index in [1.54, 1.807) is 16.7 Å². The van der Waals surface area contributed by atoms with E-state index >= 15 is 0 Å². The molecule has 3 aromatic rings. The number of ether oxygens (including phenoxy) is 1. The zero-order valence-electron chi connectivity index (χ0n) is 15.1. The second-order valence-electron chi connectivity index (χ2n) is 6.68. The quantitative estimate of drug-likeness (QED) is 0.360. The van der Waals surface area contributed by atoms with Crippen molar-refractivity contribution in [1.29, 1.82) is 0 Å². The van der Waals surface area contributed by atoms with Crippen LogP contribution in [0.2, 0.25) is 0 Å². The van der Waals surface area contributed by atoms with Crippen molar-refractivity contribution >= 4 is 28.4 Å². The van der Waals surface area contributed by atoms with Gasteiger partial charge in [0.25, 0.3) is 5.56 Å². The molecule has 1 saturated heterocycles. The lowest BCUT2D eigenvalue weighted by Crippen LogP contribution is -2.29. The minimum Gasteiger partial charge on any atom is -0.376 e. The third-order valence-corrected chi connectivity index (χ3v) is 5.71. The molecule has 1 aliphatic heterocycles. The molecule has 2 aromatic carbocycles. The number of para-hydroxylation sites is 1. The van der Waals surface area contributed by atoms with Gasteiger partial charge in [0.1, 0.15) is 5.82 Å². The molecule has 2 heterocycles. The standard InChI is InChI=1S/C21H19FN2O3S/c22-15-9-7-14(8-10-15)19(25)13-28-21-23-18-6-2-1-5-17(18)20(26)24(21)12-16-4-3-11-27-16/h1-2,5-10,16H,3-4,11-13H2/t16-/m1/s1. The second-order valence-corrected chi connectivity index (χ2v) is 7.62. The van der Waals surface area contributed by atoms with E-state index in [-0.39, 0.29) is 29.0 Å². The monoisotopic (exact) mass is 398 g/mol. The summed E-state index contributed by atoms with van der Waals surface area (Å²) in [6.45, 7) is 1.12. The van der Waals surface area contributed by atoms with Crippen molar-refractivity contribution in [3.63, 3.8) is 0 Å². The van der Waals surface area contributed by atoms with Crippen LogP contribution in [0.15, 0.2) is 58.5 Å². The van der Waals surface area contributed by atoms with Crippen LogP contribution in [0.25, 0.3) is 10.9 Å². The summed E-state index contributed by atoms with van der Waals surface area (Å²) in [6.07, 6.45) is 1.86. The highest BCUT2D eigenvalue weighted by Crippen LogP contribution is 2.22. The number of fused-ring (bicyclic) bond motifs is 1. The van der Waals surface area contributed by atoms with E-state index in [4.69, 9.17) is 4.74 Å². The van der Waals surface area contributed by atoms with Gasteiger partial charge in [-0.1, -0.05) is 23.9 Å². The van der Waals surface area contributed by atoms with E-state index in [2.05, 4.69) is 4.98 Å². The third kappa shape index (κ3) is 4.00. The summed E-state index contributed by atoms with van der Waals surface area (Å²) in [5.41, 5.74) is 0.911. The Labute approximate surface area is 165 Å². The molecule has 28 heavy (non-hydrogen) atoms. The fraction of sp³-hybridized carbons (Fsp3) is 0.286. The van der Waals surface area contributed by atoms with Crippen LogP contribution in [-0.4, -0.2) is 33.8 Å². The van der Waals surface area contributed by atoms with E-state index in [9.17, 15) is 14.0 Å². The van der Waals surface area contributed by atoms with Crippen LogP contribution >= 0.6 is 11.8 Å². The number of hydrogen-bond acceptors (Lipinski definition) is 5. The van der Waals surface area contributed by atoms with E-state index in [1.165, 1.54) is 36.0 Å². The van der Waals surface area contributed by atoms with Gasteiger partial charge in [-0.15, -0.1) is 0 Å². The van der Waals surface area contributed by atoms with Gasteiger partial charge >= 0.3 is 0 Å². The number of carbonyl (C=O) groups excluding carboxylic acids is 1. The summed E-state index contributed by atoms with van der Waals surface area (Å²) < 4.78 is 20.4. The number of benzene rings is 2. The average Bonchev–Trinajstić information content (AvgIpc) is 3.22. The lowest BCUT2D eigenvalue weighted by molar-refractivity contribution is 0.0937. The third-order valence-electron chi connectivity index (χ3n) is 4.74. The van der Waals surface area contributed by atoms with Gasteiger partial charge in [-0.25, -0.2) is 9.37 Å². The first-order valence-corrected chi connectivity index (χ1v) is 10.1. The molecule has 0 N–H and O–H groups in total. The Balaban J connectivity index is 1.63. The van der Waals surface area contributed by atoms with Crippen molar-refractivity contribution in [2.75, 3.05) is 12.4 Å². The summed E-state index contributed by atoms with van der Waals surface area (Å²) in [6, 6.07) is 12.6. The minimum absolute atomic E-state index is 0.0205. The maximum absolute atomic E-state index is 13.1. The van der Waals surface area contributed by atoms with Gasteiger partial charge in [-0.3, -0.25) is 14.2 Å². The molecule has 7 heteroatoms. The number of halogens is 1. The molecule has 0 aliphatic carbocycles. The van der Waals surface area contributed by atoms with Gasteiger partial charge in [0.15, 0.2) is 10.9 Å². The van der Waals surface area contributed by atoms with Gasteiger partial charge in [-0.2, -0.15) is 0 Å². The lowest BCUT2D eigenvalue weighted by atomic mass is 10.1. The Morgan fingerprint density at radius 2 is 2.00 bits per heavy atom. The van der Waals surface area contributed by atoms with Crippen LogP contribution in [0.4, 0.5) is 4.39 Å². The van der Waals surface area contributed by atoms with E-state index in [0.717, 1.165) is 12.8 Å². The molecule has 1 aromatic heterocycles. The average molecular weight is 398 g/mol. The predicted molar refractivity (Wildman–Crippen MR) is 106 cm³/mol. The smallest absolute Gasteiger partial charge is 0.262 e. The van der Waals surface area contributed by atoms with Crippen molar-refractivity contribution in [2.45, 2.75) is 30.6 Å². The first kappa shape index (κ1) is 18.8. The summed E-state index contributed by atoms with van der Waals surface area (Å²) in [4.78, 5) is 30.1. The van der Waals surface area contributed by atoms with Crippen LogP contribution < -0.4 is 5.56 Å². The highest BCUT2D eigenvalue weighted by molar-refractivity contribution is 7.99. The molecule has 0 saturated carbocycles. The number of nitrogens with zero attached hydrogens (tertiary/aromatic N) is 2. The topological polar surface area (TPSA) is 61.2 Å². The highest BCUT2D eigenvalue weighted by atomic mass is 32.2. The SMILES string of the molecule is O=C(CSc1nc2ccccc2c(=O)n1C[C@H]1CCCO1)c1ccc(F)cc1. The van der Waals surface area contributed by atoms with Gasteiger partial charge in [0, 0.05) is 12.2 Å². The number of thioether (sulfide) groups is 1. The Bertz CT molecular complexity index is 1060. The molecular formula is C21H19FN2O3S. The maximum atomic E-state index is 13.1. The number of aromatic nitrogens is 2. The normalized spacial score (nSPS) is 16.5. The summed E-state index contributed by atoms with van der Waals surface area (Å²) >= 11 is 1.22. The molecule has 1 atom stereocenters. The first-order valence-electron chi connectivity index (χ1n) is 9.14. The van der Waals surface area contributed by atoms with Crippen molar-refractivity contribution in [3.8, 4) is 0 Å². The minimum atomic E-state index is -0.384. The zero-order chi connectivity index (χ0) is 19.5. The van der Waals surface area contributed by atoms with Crippen LogP contribution in [0, 0.1) is 5.82 Å². The van der Waals surface area contributed by atoms with Crippen LogP contribution in [0.3, 0.4) is 0 Å². The molecule has 0 unspecified atom stereocenters. The Kier molecular flexibility index (Phi) is 5.54. The lowest BCUT2D eigenvalue weighted by Gasteiger charge is -2.16. The van der Waals surface area contributed by atoms with E-state index in [1.807, 2.05) is 12.1 Å². The number of carbonyl (C=O) groups is 1. The molecule has 0 bridgehead atoms. The summed E-state index contributed by atoms with van der Waals surface area (Å²) in [5.74, 6) is -0.413. The van der Waals surface area contributed by atoms with Crippen LogP contribution in [0.5, 0.6) is 0 Å². The molecule has 0 spiro atoms.